The number of hydrogen-bond donors (Lipinski definition) is 1. The second-order valence-electron chi connectivity index (χ2n) is 3.63. The minimum absolute atomic E-state index is 0.737. The van der Waals surface area contributed by atoms with Crippen molar-refractivity contribution in [3.05, 3.63) is 46.7 Å². The van der Waals surface area contributed by atoms with Crippen LogP contribution in [0.3, 0.4) is 0 Å². The third-order valence-electron chi connectivity index (χ3n) is 2.56. The molecule has 0 fully saturated rings. The number of rotatable bonds is 1. The zero-order valence-corrected chi connectivity index (χ0v) is 8.83. The van der Waals surface area contributed by atoms with E-state index in [4.69, 9.17) is 11.6 Å². The Morgan fingerprint density at radius 2 is 2.27 bits per heavy atom. The molecule has 1 aromatic heterocycles. The third kappa shape index (κ3) is 1.54. The Morgan fingerprint density at radius 1 is 1.33 bits per heavy atom. The summed E-state index contributed by atoms with van der Waals surface area (Å²) in [6.07, 6.45) is 2.06. The zero-order chi connectivity index (χ0) is 10.3. The summed E-state index contributed by atoms with van der Waals surface area (Å²) in [6.45, 7) is 1.78. The van der Waals surface area contributed by atoms with Gasteiger partial charge in [0.2, 0.25) is 0 Å². The molecule has 15 heavy (non-hydrogen) atoms. The Hall–Kier alpha value is -1.32. The molecule has 76 valence electrons. The molecule has 0 unspecified atom stereocenters. The summed E-state index contributed by atoms with van der Waals surface area (Å²) in [5.41, 5.74) is 3.42. The van der Waals surface area contributed by atoms with Crippen molar-refractivity contribution < 1.29 is 0 Å². The number of benzene rings is 1. The van der Waals surface area contributed by atoms with Crippen molar-refractivity contribution in [1.29, 1.82) is 0 Å². The molecule has 3 rings (SSSR count). The minimum atomic E-state index is 0.737. The number of hydrogen-bond acceptors (Lipinski definition) is 2. The van der Waals surface area contributed by atoms with Gasteiger partial charge < -0.3 is 5.32 Å². The maximum absolute atomic E-state index is 5.94. The first-order valence-electron chi connectivity index (χ1n) is 4.87. The van der Waals surface area contributed by atoms with Crippen LogP contribution < -0.4 is 5.32 Å². The first kappa shape index (κ1) is 8.95. The molecule has 0 radical (unpaired) electrons. The van der Waals surface area contributed by atoms with E-state index in [-0.39, 0.29) is 0 Å². The topological polar surface area (TPSA) is 29.9 Å². The van der Waals surface area contributed by atoms with Crippen molar-refractivity contribution in [3.8, 4) is 5.69 Å². The molecule has 0 atom stereocenters. The van der Waals surface area contributed by atoms with E-state index in [1.165, 1.54) is 5.56 Å². The third-order valence-corrected chi connectivity index (χ3v) is 2.79. The Bertz CT molecular complexity index is 483. The molecule has 1 N–H and O–H groups in total. The molecule has 1 aromatic carbocycles. The Balaban J connectivity index is 2.06. The summed E-state index contributed by atoms with van der Waals surface area (Å²) in [4.78, 5) is 0. The van der Waals surface area contributed by atoms with Crippen LogP contribution in [-0.4, -0.2) is 9.78 Å². The maximum atomic E-state index is 5.94. The van der Waals surface area contributed by atoms with Crippen LogP contribution in [0.1, 0.15) is 11.3 Å². The van der Waals surface area contributed by atoms with Crippen molar-refractivity contribution in [2.24, 2.45) is 0 Å². The van der Waals surface area contributed by atoms with E-state index in [1.807, 2.05) is 28.9 Å². The lowest BCUT2D eigenvalue weighted by Crippen LogP contribution is -2.04. The number of aromatic nitrogens is 2. The monoisotopic (exact) mass is 219 g/mol. The van der Waals surface area contributed by atoms with E-state index in [2.05, 4.69) is 16.6 Å². The van der Waals surface area contributed by atoms with E-state index in [9.17, 15) is 0 Å². The lowest BCUT2D eigenvalue weighted by Gasteiger charge is -2.01. The number of halogens is 1. The predicted molar refractivity (Wildman–Crippen MR) is 59.1 cm³/mol. The summed E-state index contributed by atoms with van der Waals surface area (Å²) in [6, 6.07) is 7.71. The van der Waals surface area contributed by atoms with Gasteiger partial charge in [-0.1, -0.05) is 17.7 Å². The van der Waals surface area contributed by atoms with Crippen LogP contribution in [0.15, 0.2) is 30.5 Å². The number of nitrogens with one attached hydrogen (secondary N) is 1. The van der Waals surface area contributed by atoms with Crippen LogP contribution in [0.25, 0.3) is 5.69 Å². The van der Waals surface area contributed by atoms with Crippen molar-refractivity contribution in [2.45, 2.75) is 13.1 Å². The van der Waals surface area contributed by atoms with Gasteiger partial charge in [-0.3, -0.25) is 0 Å². The van der Waals surface area contributed by atoms with Gasteiger partial charge in [0.25, 0.3) is 0 Å². The van der Waals surface area contributed by atoms with E-state index in [0.717, 1.165) is 29.5 Å². The summed E-state index contributed by atoms with van der Waals surface area (Å²) in [5.74, 6) is 0. The summed E-state index contributed by atoms with van der Waals surface area (Å²) in [7, 11) is 0. The quantitative estimate of drug-likeness (QED) is 0.797. The molecular formula is C11H10ClN3. The van der Waals surface area contributed by atoms with Gasteiger partial charge in [-0.05, 0) is 18.2 Å². The molecular weight excluding hydrogens is 210 g/mol. The lowest BCUT2D eigenvalue weighted by atomic mass is 10.3. The molecule has 0 spiro atoms. The zero-order valence-electron chi connectivity index (χ0n) is 8.07. The highest BCUT2D eigenvalue weighted by atomic mass is 35.5. The molecule has 3 nitrogen and oxygen atoms in total. The fourth-order valence-corrected chi connectivity index (χ4v) is 1.99. The van der Waals surface area contributed by atoms with Gasteiger partial charge in [0.1, 0.15) is 0 Å². The van der Waals surface area contributed by atoms with Gasteiger partial charge in [0, 0.05) is 29.9 Å². The molecule has 0 saturated carbocycles. The van der Waals surface area contributed by atoms with Gasteiger partial charge in [0.05, 0.1) is 11.4 Å². The van der Waals surface area contributed by atoms with Crippen molar-refractivity contribution in [2.75, 3.05) is 0 Å². The highest BCUT2D eigenvalue weighted by Gasteiger charge is 2.14. The second kappa shape index (κ2) is 3.36. The standard InChI is InChI=1S/C11H10ClN3/c12-9-2-1-3-10(4-9)15-7-8-5-13-6-11(8)14-15/h1-4,7,13H,5-6H2. The second-order valence-corrected chi connectivity index (χ2v) is 4.07. The van der Waals surface area contributed by atoms with E-state index in [1.54, 1.807) is 0 Å². The van der Waals surface area contributed by atoms with Crippen LogP contribution in [0.2, 0.25) is 5.02 Å². The molecule has 0 amide bonds. The van der Waals surface area contributed by atoms with E-state index < -0.39 is 0 Å². The summed E-state index contributed by atoms with van der Waals surface area (Å²) >= 11 is 5.94. The highest BCUT2D eigenvalue weighted by Crippen LogP contribution is 2.18. The Morgan fingerprint density at radius 3 is 3.07 bits per heavy atom. The molecule has 1 aliphatic heterocycles. The molecule has 4 heteroatoms. The Kier molecular flexibility index (Phi) is 2.01. The molecule has 0 saturated heterocycles. The van der Waals surface area contributed by atoms with Crippen LogP contribution in [0.5, 0.6) is 0 Å². The number of fused-ring (bicyclic) bond motifs is 1. The average molecular weight is 220 g/mol. The SMILES string of the molecule is Clc1cccc(-n2cc3c(n2)CNC3)c1. The van der Waals surface area contributed by atoms with E-state index >= 15 is 0 Å². The van der Waals surface area contributed by atoms with Crippen LogP contribution in [0, 0.1) is 0 Å². The van der Waals surface area contributed by atoms with Crippen molar-refractivity contribution in [3.63, 3.8) is 0 Å². The van der Waals surface area contributed by atoms with Gasteiger partial charge in [-0.25, -0.2) is 4.68 Å². The number of nitrogens with zero attached hydrogens (tertiary/aromatic N) is 2. The molecule has 0 bridgehead atoms. The molecule has 2 aromatic rings. The fraction of sp³-hybridized carbons (Fsp3) is 0.182. The Labute approximate surface area is 92.7 Å². The molecule has 1 aliphatic rings. The average Bonchev–Trinajstić information content (AvgIpc) is 2.76. The fourth-order valence-electron chi connectivity index (χ4n) is 1.81. The first-order chi connectivity index (χ1) is 7.33. The maximum Gasteiger partial charge on any atom is 0.0811 e. The van der Waals surface area contributed by atoms with Crippen molar-refractivity contribution in [1.82, 2.24) is 15.1 Å². The van der Waals surface area contributed by atoms with Crippen LogP contribution in [-0.2, 0) is 13.1 Å². The molecule has 0 aliphatic carbocycles. The summed E-state index contributed by atoms with van der Waals surface area (Å²) in [5, 5.41) is 8.49. The smallest absolute Gasteiger partial charge is 0.0811 e. The largest absolute Gasteiger partial charge is 0.307 e. The molecule has 2 heterocycles. The van der Waals surface area contributed by atoms with Gasteiger partial charge >= 0.3 is 0 Å². The minimum Gasteiger partial charge on any atom is -0.307 e. The first-order valence-corrected chi connectivity index (χ1v) is 5.25. The van der Waals surface area contributed by atoms with Crippen LogP contribution >= 0.6 is 11.6 Å². The van der Waals surface area contributed by atoms with Gasteiger partial charge in [0.15, 0.2) is 0 Å². The highest BCUT2D eigenvalue weighted by molar-refractivity contribution is 6.30. The van der Waals surface area contributed by atoms with E-state index in [0.29, 0.717) is 0 Å². The van der Waals surface area contributed by atoms with Crippen LogP contribution in [0.4, 0.5) is 0 Å². The van der Waals surface area contributed by atoms with Crippen molar-refractivity contribution >= 4 is 11.6 Å². The normalized spacial score (nSPS) is 14.2. The lowest BCUT2D eigenvalue weighted by molar-refractivity contribution is 0.721. The predicted octanol–water partition coefficient (Wildman–Crippen LogP) is 2.13. The van der Waals surface area contributed by atoms with Gasteiger partial charge in [-0.15, -0.1) is 0 Å². The summed E-state index contributed by atoms with van der Waals surface area (Å²) < 4.78 is 1.89. The van der Waals surface area contributed by atoms with Gasteiger partial charge in [-0.2, -0.15) is 5.10 Å².